The van der Waals surface area contributed by atoms with Gasteiger partial charge in [0.25, 0.3) is 5.91 Å². The number of furan rings is 1. The molecule has 3 heterocycles. The van der Waals surface area contributed by atoms with E-state index in [1.54, 1.807) is 24.3 Å². The highest BCUT2D eigenvalue weighted by Gasteiger charge is 2.52. The summed E-state index contributed by atoms with van der Waals surface area (Å²) in [5, 5.41) is 0. The van der Waals surface area contributed by atoms with Crippen molar-refractivity contribution in [2.45, 2.75) is 19.4 Å². The second-order valence-corrected chi connectivity index (χ2v) is 8.00. The van der Waals surface area contributed by atoms with Crippen LogP contribution in [0.2, 0.25) is 0 Å². The third-order valence-corrected chi connectivity index (χ3v) is 5.99. The van der Waals surface area contributed by atoms with E-state index >= 15 is 0 Å². The smallest absolute Gasteiger partial charge is 0.291 e. The molecule has 2 aromatic rings. The van der Waals surface area contributed by atoms with Gasteiger partial charge in [0.2, 0.25) is 5.78 Å². The highest BCUT2D eigenvalue weighted by molar-refractivity contribution is 6.44. The van der Waals surface area contributed by atoms with Crippen molar-refractivity contribution in [3.05, 3.63) is 59.5 Å². The average Bonchev–Trinajstić information content (AvgIpc) is 3.37. The summed E-state index contributed by atoms with van der Waals surface area (Å²) in [4.78, 5) is 41.9. The number of benzene rings is 1. The van der Waals surface area contributed by atoms with Gasteiger partial charge in [-0.15, -0.1) is 0 Å². The normalized spacial score (nSPS) is 22.6. The molecule has 2 unspecified atom stereocenters. The maximum Gasteiger partial charge on any atom is 0.291 e. The number of morpholine rings is 1. The van der Waals surface area contributed by atoms with Crippen molar-refractivity contribution in [1.82, 2.24) is 4.90 Å². The van der Waals surface area contributed by atoms with Crippen LogP contribution in [-0.4, -0.2) is 61.8 Å². The number of aryl methyl sites for hydroxylation is 1. The molecular weight excluding hydrogens is 384 g/mol. The fourth-order valence-electron chi connectivity index (χ4n) is 4.31. The number of nitrogens with zero attached hydrogens (tertiary/aromatic N) is 1. The molecule has 0 saturated carbocycles. The molecule has 30 heavy (non-hydrogen) atoms. The Kier molecular flexibility index (Phi) is 6.11. The number of likely N-dealkylation sites (tertiary alicyclic amines) is 1. The summed E-state index contributed by atoms with van der Waals surface area (Å²) in [6.45, 7) is 6.63. The van der Waals surface area contributed by atoms with Gasteiger partial charge in [-0.3, -0.25) is 14.4 Å². The van der Waals surface area contributed by atoms with Gasteiger partial charge >= 0.3 is 0 Å². The Bertz CT molecular complexity index is 900. The molecule has 1 amide bonds. The molecule has 2 atom stereocenters. The predicted octanol–water partition coefficient (Wildman–Crippen LogP) is 0.845. The lowest BCUT2D eigenvalue weighted by atomic mass is 9.88. The van der Waals surface area contributed by atoms with Gasteiger partial charge in [-0.1, -0.05) is 29.8 Å². The molecule has 2 aliphatic heterocycles. The van der Waals surface area contributed by atoms with Crippen LogP contribution in [0.25, 0.3) is 0 Å². The third-order valence-electron chi connectivity index (χ3n) is 5.99. The third kappa shape index (κ3) is 4.08. The molecule has 0 spiro atoms. The van der Waals surface area contributed by atoms with E-state index in [9.17, 15) is 14.4 Å². The van der Waals surface area contributed by atoms with Gasteiger partial charge in [0.15, 0.2) is 5.78 Å². The predicted molar refractivity (Wildman–Crippen MR) is 108 cm³/mol. The Labute approximate surface area is 175 Å². The minimum atomic E-state index is -1.08. The topological polar surface area (TPSA) is 81.3 Å². The summed E-state index contributed by atoms with van der Waals surface area (Å²) >= 11 is 0. The zero-order valence-corrected chi connectivity index (χ0v) is 17.1. The number of carbonyl (C=O) groups excluding carboxylic acids is 3. The van der Waals surface area contributed by atoms with Crippen molar-refractivity contribution < 1.29 is 28.4 Å². The number of nitrogens with one attached hydrogen (secondary N) is 1. The van der Waals surface area contributed by atoms with Gasteiger partial charge in [0.1, 0.15) is 30.8 Å². The molecule has 0 aliphatic carbocycles. The van der Waals surface area contributed by atoms with Gasteiger partial charge in [-0.2, -0.15) is 0 Å². The number of carbonyl (C=O) groups is 3. The summed E-state index contributed by atoms with van der Waals surface area (Å²) < 4.78 is 10.9. The summed E-state index contributed by atoms with van der Waals surface area (Å²) in [5.41, 5.74) is 1.46. The summed E-state index contributed by atoms with van der Waals surface area (Å²) in [6, 6.07) is 9.82. The van der Waals surface area contributed by atoms with E-state index in [1.807, 2.05) is 19.1 Å². The summed E-state index contributed by atoms with van der Waals surface area (Å²) in [6.07, 6.45) is 2.25. The monoisotopic (exact) mass is 411 g/mol. The largest absolute Gasteiger partial charge is 0.467 e. The fourth-order valence-corrected chi connectivity index (χ4v) is 4.31. The van der Waals surface area contributed by atoms with E-state index in [0.29, 0.717) is 17.9 Å². The van der Waals surface area contributed by atoms with Crippen molar-refractivity contribution in [2.24, 2.45) is 5.92 Å². The number of amides is 1. The first-order valence-electron chi connectivity index (χ1n) is 10.5. The van der Waals surface area contributed by atoms with Gasteiger partial charge in [0, 0.05) is 18.5 Å². The number of ether oxygens (including phenoxy) is 1. The van der Waals surface area contributed by atoms with Crippen molar-refractivity contribution in [3.63, 3.8) is 0 Å². The van der Waals surface area contributed by atoms with Gasteiger partial charge < -0.3 is 19.0 Å². The van der Waals surface area contributed by atoms with Crippen LogP contribution in [0.1, 0.15) is 34.1 Å². The lowest BCUT2D eigenvalue weighted by molar-refractivity contribution is -0.908. The fraction of sp³-hybridized carbons (Fsp3) is 0.435. The van der Waals surface area contributed by atoms with Gasteiger partial charge in [-0.05, 0) is 19.1 Å². The first kappa shape index (κ1) is 20.5. The lowest BCUT2D eigenvalue weighted by Crippen LogP contribution is -3.14. The molecule has 0 bridgehead atoms. The van der Waals surface area contributed by atoms with Gasteiger partial charge in [0.05, 0.1) is 26.0 Å². The zero-order valence-electron chi connectivity index (χ0n) is 17.1. The van der Waals surface area contributed by atoms with Crippen molar-refractivity contribution in [1.29, 1.82) is 0 Å². The van der Waals surface area contributed by atoms with Gasteiger partial charge in [-0.25, -0.2) is 0 Å². The summed E-state index contributed by atoms with van der Waals surface area (Å²) in [5.74, 6) is -2.20. The lowest BCUT2D eigenvalue weighted by Gasteiger charge is -2.27. The Morgan fingerprint density at radius 2 is 1.87 bits per heavy atom. The van der Waals surface area contributed by atoms with Crippen LogP contribution in [-0.2, 0) is 14.3 Å². The molecular formula is C23H27N2O5+. The van der Waals surface area contributed by atoms with Crippen LogP contribution in [0, 0.1) is 12.8 Å². The number of hydrogen-bond acceptors (Lipinski definition) is 5. The second-order valence-electron chi connectivity index (χ2n) is 8.00. The van der Waals surface area contributed by atoms with Crippen LogP contribution in [0.5, 0.6) is 0 Å². The van der Waals surface area contributed by atoms with Crippen LogP contribution >= 0.6 is 0 Å². The zero-order chi connectivity index (χ0) is 21.1. The molecule has 2 aliphatic rings. The average molecular weight is 411 g/mol. The van der Waals surface area contributed by atoms with E-state index in [-0.39, 0.29) is 5.78 Å². The molecule has 7 nitrogen and oxygen atoms in total. The first-order valence-corrected chi connectivity index (χ1v) is 10.5. The maximum atomic E-state index is 13.2. The van der Waals surface area contributed by atoms with E-state index < -0.39 is 23.7 Å². The van der Waals surface area contributed by atoms with Crippen LogP contribution in [0.4, 0.5) is 0 Å². The van der Waals surface area contributed by atoms with Crippen LogP contribution < -0.4 is 4.90 Å². The SMILES string of the molecule is Cc1ccc(C(=O)C2C(=O)C(=O)N(CCC[NH+]3CCOCC3)C2c2ccco2)cc1. The molecule has 1 aromatic heterocycles. The quantitative estimate of drug-likeness (QED) is 0.415. The molecule has 0 radical (unpaired) electrons. The Hall–Kier alpha value is -2.77. The van der Waals surface area contributed by atoms with Crippen molar-refractivity contribution >= 4 is 17.5 Å². The molecule has 158 valence electrons. The van der Waals surface area contributed by atoms with E-state index in [2.05, 4.69) is 0 Å². The highest BCUT2D eigenvalue weighted by Crippen LogP contribution is 2.38. The Morgan fingerprint density at radius 1 is 1.13 bits per heavy atom. The molecule has 1 aromatic carbocycles. The second kappa shape index (κ2) is 8.93. The van der Waals surface area contributed by atoms with Crippen molar-refractivity contribution in [2.75, 3.05) is 39.4 Å². The van der Waals surface area contributed by atoms with E-state index in [4.69, 9.17) is 9.15 Å². The Morgan fingerprint density at radius 3 is 2.53 bits per heavy atom. The standard InChI is InChI=1S/C23H26N2O5/c1-16-5-7-17(8-6-16)21(26)19-20(18-4-2-13-30-18)25(23(28)22(19)27)10-3-9-24-11-14-29-15-12-24/h2,4-8,13,19-20H,3,9-12,14-15H2,1H3/p+1. The van der Waals surface area contributed by atoms with Crippen LogP contribution in [0.3, 0.4) is 0 Å². The minimum Gasteiger partial charge on any atom is -0.467 e. The maximum absolute atomic E-state index is 13.2. The first-order chi connectivity index (χ1) is 14.6. The molecule has 7 heteroatoms. The molecule has 2 saturated heterocycles. The highest BCUT2D eigenvalue weighted by atomic mass is 16.5. The van der Waals surface area contributed by atoms with Crippen LogP contribution in [0.15, 0.2) is 47.1 Å². The molecule has 1 N–H and O–H groups in total. The minimum absolute atomic E-state index is 0.337. The number of ketones is 2. The molecule has 4 rings (SSSR count). The van der Waals surface area contributed by atoms with E-state index in [1.165, 1.54) is 16.1 Å². The summed E-state index contributed by atoms with van der Waals surface area (Å²) in [7, 11) is 0. The van der Waals surface area contributed by atoms with Crippen molar-refractivity contribution in [3.8, 4) is 0 Å². The number of quaternary nitrogens is 1. The van der Waals surface area contributed by atoms with E-state index in [0.717, 1.165) is 44.8 Å². The Balaban J connectivity index is 1.55. The number of hydrogen-bond donors (Lipinski definition) is 1. The number of rotatable bonds is 7. The number of Topliss-reactive ketones (excluding diaryl/α,β-unsaturated/α-hetero) is 2. The molecule has 2 fully saturated rings.